The zero-order chi connectivity index (χ0) is 12.4. The zero-order valence-electron chi connectivity index (χ0n) is 9.97. The number of carbonyl (C=O) groups is 2. The Balaban J connectivity index is 1.73. The molecule has 5 nitrogen and oxygen atoms in total. The highest BCUT2D eigenvalue weighted by atomic mass is 16.4. The van der Waals surface area contributed by atoms with Crippen molar-refractivity contribution in [1.82, 2.24) is 4.90 Å². The Hall–Kier alpha value is -1.10. The number of aliphatic carboxylic acids is 1. The van der Waals surface area contributed by atoms with Crippen LogP contribution in [0.25, 0.3) is 0 Å². The molecular weight excluding hydrogens is 220 g/mol. The Morgan fingerprint density at radius 1 is 1.24 bits per heavy atom. The summed E-state index contributed by atoms with van der Waals surface area (Å²) in [4.78, 5) is 24.4. The second-order valence-electron chi connectivity index (χ2n) is 5.22. The lowest BCUT2D eigenvalue weighted by molar-refractivity contribution is -0.139. The molecule has 1 saturated heterocycles. The summed E-state index contributed by atoms with van der Waals surface area (Å²) in [5.41, 5.74) is 5.52. The van der Waals surface area contributed by atoms with Gasteiger partial charge in [0.2, 0.25) is 5.91 Å². The SMILES string of the molecule is NC(CC1CCN(C(=O)C2CC2)CC1)C(=O)O. The van der Waals surface area contributed by atoms with Crippen LogP contribution in [0.5, 0.6) is 0 Å². The van der Waals surface area contributed by atoms with E-state index in [2.05, 4.69) is 0 Å². The first kappa shape index (κ1) is 12.4. The highest BCUT2D eigenvalue weighted by Gasteiger charge is 2.35. The molecule has 0 aromatic rings. The lowest BCUT2D eigenvalue weighted by atomic mass is 9.90. The van der Waals surface area contributed by atoms with E-state index >= 15 is 0 Å². The van der Waals surface area contributed by atoms with Crippen LogP contribution in [0, 0.1) is 11.8 Å². The van der Waals surface area contributed by atoms with Gasteiger partial charge in [-0.1, -0.05) is 0 Å². The van der Waals surface area contributed by atoms with Crippen LogP contribution in [0.2, 0.25) is 0 Å². The van der Waals surface area contributed by atoms with Crippen LogP contribution < -0.4 is 5.73 Å². The summed E-state index contributed by atoms with van der Waals surface area (Å²) in [6.07, 6.45) is 4.39. The van der Waals surface area contributed by atoms with Crippen LogP contribution in [-0.2, 0) is 9.59 Å². The Morgan fingerprint density at radius 2 is 1.82 bits per heavy atom. The third-order valence-corrected chi connectivity index (χ3v) is 3.76. The van der Waals surface area contributed by atoms with Crippen molar-refractivity contribution in [2.24, 2.45) is 17.6 Å². The average Bonchev–Trinajstić information content (AvgIpc) is 3.13. The molecule has 1 heterocycles. The van der Waals surface area contributed by atoms with Gasteiger partial charge in [-0.25, -0.2) is 0 Å². The lowest BCUT2D eigenvalue weighted by Gasteiger charge is -2.32. The predicted octanol–water partition coefficient (Wildman–Crippen LogP) is 0.437. The molecule has 2 rings (SSSR count). The molecule has 1 aliphatic carbocycles. The molecule has 0 aromatic heterocycles. The van der Waals surface area contributed by atoms with E-state index in [0.29, 0.717) is 18.2 Å². The van der Waals surface area contributed by atoms with Gasteiger partial charge >= 0.3 is 5.97 Å². The first-order valence-electron chi connectivity index (χ1n) is 6.35. The number of carboxylic acid groups (broad SMARTS) is 1. The summed E-state index contributed by atoms with van der Waals surface area (Å²) in [7, 11) is 0. The zero-order valence-corrected chi connectivity index (χ0v) is 9.97. The van der Waals surface area contributed by atoms with Crippen molar-refractivity contribution < 1.29 is 14.7 Å². The minimum Gasteiger partial charge on any atom is -0.480 e. The predicted molar refractivity (Wildman–Crippen MR) is 62.3 cm³/mol. The maximum absolute atomic E-state index is 11.8. The molecule has 0 radical (unpaired) electrons. The van der Waals surface area contributed by atoms with E-state index in [4.69, 9.17) is 10.8 Å². The molecule has 1 amide bonds. The molecule has 1 aliphatic heterocycles. The van der Waals surface area contributed by atoms with Gasteiger partial charge in [0.15, 0.2) is 0 Å². The molecule has 2 fully saturated rings. The quantitative estimate of drug-likeness (QED) is 0.746. The van der Waals surface area contributed by atoms with Gasteiger partial charge in [-0.05, 0) is 38.0 Å². The molecule has 3 N–H and O–H groups in total. The molecule has 2 aliphatic rings. The van der Waals surface area contributed by atoms with E-state index in [-0.39, 0.29) is 5.92 Å². The second kappa shape index (κ2) is 5.04. The van der Waals surface area contributed by atoms with Crippen LogP contribution in [0.3, 0.4) is 0 Å². The van der Waals surface area contributed by atoms with Crippen LogP contribution in [-0.4, -0.2) is 41.0 Å². The Bertz CT molecular complexity index is 307. The van der Waals surface area contributed by atoms with E-state index in [9.17, 15) is 9.59 Å². The maximum atomic E-state index is 11.8. The fourth-order valence-electron chi connectivity index (χ4n) is 2.44. The molecule has 0 spiro atoms. The highest BCUT2D eigenvalue weighted by molar-refractivity contribution is 5.81. The van der Waals surface area contributed by atoms with Crippen molar-refractivity contribution in [2.45, 2.75) is 38.1 Å². The maximum Gasteiger partial charge on any atom is 0.320 e. The van der Waals surface area contributed by atoms with Crippen LogP contribution in [0.4, 0.5) is 0 Å². The summed E-state index contributed by atoms with van der Waals surface area (Å²) in [5.74, 6) is 0.00430. The summed E-state index contributed by atoms with van der Waals surface area (Å²) < 4.78 is 0. The minimum absolute atomic E-state index is 0.285. The fourth-order valence-corrected chi connectivity index (χ4v) is 2.44. The standard InChI is InChI=1S/C12H20N2O3/c13-10(12(16)17)7-8-3-5-14(6-4-8)11(15)9-1-2-9/h8-10H,1-7,13H2,(H,16,17). The molecule has 17 heavy (non-hydrogen) atoms. The Kier molecular flexibility index (Phi) is 3.66. The van der Waals surface area contributed by atoms with Gasteiger partial charge in [0.25, 0.3) is 0 Å². The largest absolute Gasteiger partial charge is 0.480 e. The van der Waals surface area contributed by atoms with Crippen molar-refractivity contribution >= 4 is 11.9 Å². The van der Waals surface area contributed by atoms with Gasteiger partial charge in [-0.3, -0.25) is 9.59 Å². The van der Waals surface area contributed by atoms with Gasteiger partial charge in [0, 0.05) is 19.0 Å². The molecule has 1 saturated carbocycles. The number of nitrogens with zero attached hydrogens (tertiary/aromatic N) is 1. The van der Waals surface area contributed by atoms with Gasteiger partial charge < -0.3 is 15.7 Å². The van der Waals surface area contributed by atoms with Crippen LogP contribution in [0.15, 0.2) is 0 Å². The van der Waals surface area contributed by atoms with Crippen LogP contribution >= 0.6 is 0 Å². The fraction of sp³-hybridized carbons (Fsp3) is 0.833. The lowest BCUT2D eigenvalue weighted by Crippen LogP contribution is -2.41. The topological polar surface area (TPSA) is 83.6 Å². The average molecular weight is 240 g/mol. The van der Waals surface area contributed by atoms with Crippen molar-refractivity contribution in [2.75, 3.05) is 13.1 Å². The van der Waals surface area contributed by atoms with Crippen molar-refractivity contribution in [3.63, 3.8) is 0 Å². The number of nitrogens with two attached hydrogens (primary N) is 1. The third-order valence-electron chi connectivity index (χ3n) is 3.76. The van der Waals surface area contributed by atoms with Crippen molar-refractivity contribution in [3.05, 3.63) is 0 Å². The Labute approximate surface area is 101 Å². The second-order valence-corrected chi connectivity index (χ2v) is 5.22. The normalized spacial score (nSPS) is 23.5. The molecule has 5 heteroatoms. The van der Waals surface area contributed by atoms with Crippen molar-refractivity contribution in [3.8, 4) is 0 Å². The first-order chi connectivity index (χ1) is 8.08. The van der Waals surface area contributed by atoms with Gasteiger partial charge in [-0.15, -0.1) is 0 Å². The summed E-state index contributed by atoms with van der Waals surface area (Å²) in [6, 6.07) is -0.759. The van der Waals surface area contributed by atoms with Crippen LogP contribution in [0.1, 0.15) is 32.1 Å². The van der Waals surface area contributed by atoms with E-state index in [1.807, 2.05) is 4.90 Å². The van der Waals surface area contributed by atoms with E-state index in [1.54, 1.807) is 0 Å². The number of rotatable bonds is 4. The monoisotopic (exact) mass is 240 g/mol. The number of likely N-dealkylation sites (tertiary alicyclic amines) is 1. The number of hydrogen-bond donors (Lipinski definition) is 2. The molecule has 1 unspecified atom stereocenters. The summed E-state index contributed by atoms with van der Waals surface area (Å²) in [5, 5.41) is 8.74. The Morgan fingerprint density at radius 3 is 2.29 bits per heavy atom. The minimum atomic E-state index is -0.929. The summed E-state index contributed by atoms with van der Waals surface area (Å²) >= 11 is 0. The van der Waals surface area contributed by atoms with E-state index in [1.165, 1.54) is 0 Å². The molecule has 0 aromatic carbocycles. The summed E-state index contributed by atoms with van der Waals surface area (Å²) in [6.45, 7) is 1.54. The highest BCUT2D eigenvalue weighted by Crippen LogP contribution is 2.32. The molecule has 96 valence electrons. The van der Waals surface area contributed by atoms with Gasteiger partial charge in [0.05, 0.1) is 0 Å². The van der Waals surface area contributed by atoms with Gasteiger partial charge in [0.1, 0.15) is 6.04 Å². The molecule has 1 atom stereocenters. The smallest absolute Gasteiger partial charge is 0.320 e. The van der Waals surface area contributed by atoms with Gasteiger partial charge in [-0.2, -0.15) is 0 Å². The number of carboxylic acids is 1. The van der Waals surface area contributed by atoms with E-state index in [0.717, 1.165) is 38.8 Å². The number of amides is 1. The number of piperidine rings is 1. The van der Waals surface area contributed by atoms with E-state index < -0.39 is 12.0 Å². The number of hydrogen-bond acceptors (Lipinski definition) is 3. The molecule has 0 bridgehead atoms. The number of carbonyl (C=O) groups excluding carboxylic acids is 1. The molecular formula is C12H20N2O3. The van der Waals surface area contributed by atoms with Crippen molar-refractivity contribution in [1.29, 1.82) is 0 Å². The first-order valence-corrected chi connectivity index (χ1v) is 6.35. The third kappa shape index (κ3) is 3.19.